The second kappa shape index (κ2) is 12.2. The first-order valence-electron chi connectivity index (χ1n) is 11.9. The number of fused-ring (bicyclic) bond motifs is 1. The first kappa shape index (κ1) is 25.3. The van der Waals surface area contributed by atoms with Gasteiger partial charge in [-0.3, -0.25) is 4.98 Å². The molecule has 1 aromatic heterocycles. The minimum absolute atomic E-state index is 0.191. The van der Waals surface area contributed by atoms with Crippen LogP contribution in [0.5, 0.6) is 5.75 Å². The molecule has 3 aromatic rings. The van der Waals surface area contributed by atoms with Crippen molar-refractivity contribution in [1.29, 1.82) is 0 Å². The van der Waals surface area contributed by atoms with E-state index >= 15 is 0 Å². The van der Waals surface area contributed by atoms with Gasteiger partial charge in [-0.15, -0.1) is 11.8 Å². The Labute approximate surface area is 211 Å². The average molecular weight is 501 g/mol. The number of pyridine rings is 1. The van der Waals surface area contributed by atoms with Crippen molar-refractivity contribution in [2.75, 3.05) is 39.1 Å². The van der Waals surface area contributed by atoms with Crippen LogP contribution in [0.15, 0.2) is 59.6 Å². The van der Waals surface area contributed by atoms with E-state index in [1.165, 1.54) is 4.90 Å². The van der Waals surface area contributed by atoms with Crippen LogP contribution in [0.25, 0.3) is 10.9 Å². The van der Waals surface area contributed by atoms with Gasteiger partial charge in [0.2, 0.25) is 0 Å². The van der Waals surface area contributed by atoms with Gasteiger partial charge in [0.25, 0.3) is 0 Å². The fourth-order valence-corrected chi connectivity index (χ4v) is 5.90. The van der Waals surface area contributed by atoms with Crippen LogP contribution < -0.4 is 4.74 Å². The van der Waals surface area contributed by atoms with E-state index in [1.54, 1.807) is 13.3 Å². The van der Waals surface area contributed by atoms with E-state index in [0.717, 1.165) is 65.5 Å². The first-order chi connectivity index (χ1) is 16.6. The predicted octanol–water partition coefficient (Wildman–Crippen LogP) is 5.43. The highest BCUT2D eigenvalue weighted by molar-refractivity contribution is 7.99. The number of thioether (sulfide) groups is 1. The predicted molar refractivity (Wildman–Crippen MR) is 140 cm³/mol. The highest BCUT2D eigenvalue weighted by Gasteiger charge is 2.29. The SMILES string of the molecule is COc1ccc2nccc([C@H](O)CC[C@@H]3CCN(CCSc4ccc(Cl)cc4)C[C@@H]3CO)c2c1. The van der Waals surface area contributed by atoms with Crippen LogP contribution in [-0.2, 0) is 0 Å². The third kappa shape index (κ3) is 6.43. The number of benzene rings is 2. The number of likely N-dealkylation sites (tertiary alicyclic amines) is 1. The van der Waals surface area contributed by atoms with Crippen molar-refractivity contribution in [2.45, 2.75) is 30.3 Å². The lowest BCUT2D eigenvalue weighted by Crippen LogP contribution is -2.43. The Morgan fingerprint density at radius 2 is 2.00 bits per heavy atom. The first-order valence-corrected chi connectivity index (χ1v) is 13.3. The van der Waals surface area contributed by atoms with Gasteiger partial charge >= 0.3 is 0 Å². The van der Waals surface area contributed by atoms with Crippen LogP contribution >= 0.6 is 23.4 Å². The molecule has 0 saturated carbocycles. The van der Waals surface area contributed by atoms with Crippen molar-refractivity contribution in [1.82, 2.24) is 9.88 Å². The van der Waals surface area contributed by atoms with Crippen LogP contribution in [0.1, 0.15) is 30.9 Å². The second-order valence-corrected chi connectivity index (χ2v) is 10.6. The standard InChI is InChI=1S/C27H33ClN2O3S/c1-33-22-5-8-26-25(16-22)24(10-12-29-26)27(32)9-2-19-11-13-30(17-20(19)18-31)14-15-34-23-6-3-21(28)4-7-23/h3-8,10,12,16,19-20,27,31-32H,2,9,11,13-15,17-18H2,1H3/t19-,20-,27-/m1/s1. The molecular formula is C27H33ClN2O3S. The van der Waals surface area contributed by atoms with Gasteiger partial charge in [0.15, 0.2) is 0 Å². The fraction of sp³-hybridized carbons (Fsp3) is 0.444. The van der Waals surface area contributed by atoms with E-state index in [4.69, 9.17) is 16.3 Å². The van der Waals surface area contributed by atoms with Gasteiger partial charge in [-0.2, -0.15) is 0 Å². The monoisotopic (exact) mass is 500 g/mol. The number of aliphatic hydroxyl groups excluding tert-OH is 2. The number of hydrogen-bond acceptors (Lipinski definition) is 6. The molecule has 0 radical (unpaired) electrons. The number of rotatable bonds is 10. The van der Waals surface area contributed by atoms with E-state index in [2.05, 4.69) is 22.0 Å². The Balaban J connectivity index is 1.29. The van der Waals surface area contributed by atoms with E-state index in [-0.39, 0.29) is 12.5 Å². The molecular weight excluding hydrogens is 468 g/mol. The lowest BCUT2D eigenvalue weighted by atomic mass is 9.81. The van der Waals surface area contributed by atoms with Crippen LogP contribution in [-0.4, -0.2) is 59.2 Å². The summed E-state index contributed by atoms with van der Waals surface area (Å²) < 4.78 is 5.36. The summed E-state index contributed by atoms with van der Waals surface area (Å²) in [6.45, 7) is 3.14. The van der Waals surface area contributed by atoms with Gasteiger partial charge in [-0.05, 0) is 91.7 Å². The number of piperidine rings is 1. The number of halogens is 1. The number of ether oxygens (including phenoxy) is 1. The number of nitrogens with zero attached hydrogens (tertiary/aromatic N) is 2. The summed E-state index contributed by atoms with van der Waals surface area (Å²) in [6.07, 6.45) is 3.81. The topological polar surface area (TPSA) is 65.8 Å². The molecule has 0 amide bonds. The number of aliphatic hydroxyl groups is 2. The van der Waals surface area contributed by atoms with E-state index in [9.17, 15) is 10.2 Å². The smallest absolute Gasteiger partial charge is 0.119 e. The Kier molecular flexibility index (Phi) is 9.09. The maximum Gasteiger partial charge on any atom is 0.119 e. The number of hydrogen-bond donors (Lipinski definition) is 2. The molecule has 182 valence electrons. The molecule has 0 bridgehead atoms. The quantitative estimate of drug-likeness (QED) is 0.362. The zero-order valence-corrected chi connectivity index (χ0v) is 21.1. The molecule has 0 unspecified atom stereocenters. The van der Waals surface area contributed by atoms with Gasteiger partial charge in [0.1, 0.15) is 5.75 Å². The molecule has 1 aliphatic rings. The summed E-state index contributed by atoms with van der Waals surface area (Å²) in [4.78, 5) is 8.11. The molecule has 1 aliphatic heterocycles. The van der Waals surface area contributed by atoms with Gasteiger partial charge in [0, 0.05) is 47.0 Å². The molecule has 0 aliphatic carbocycles. The van der Waals surface area contributed by atoms with Crippen molar-refractivity contribution >= 4 is 34.3 Å². The molecule has 3 atom stereocenters. The summed E-state index contributed by atoms with van der Waals surface area (Å²) in [5.74, 6) is 2.44. The second-order valence-electron chi connectivity index (χ2n) is 8.97. The summed E-state index contributed by atoms with van der Waals surface area (Å²) >= 11 is 7.80. The van der Waals surface area contributed by atoms with E-state index < -0.39 is 6.10 Å². The van der Waals surface area contributed by atoms with Gasteiger partial charge in [-0.1, -0.05) is 11.6 Å². The lowest BCUT2D eigenvalue weighted by Gasteiger charge is -2.38. The summed E-state index contributed by atoms with van der Waals surface area (Å²) in [5, 5.41) is 22.8. The number of methoxy groups -OCH3 is 1. The molecule has 34 heavy (non-hydrogen) atoms. The molecule has 2 N–H and O–H groups in total. The van der Waals surface area contributed by atoms with E-state index in [0.29, 0.717) is 12.3 Å². The Morgan fingerprint density at radius 1 is 1.18 bits per heavy atom. The zero-order chi connectivity index (χ0) is 23.9. The maximum absolute atomic E-state index is 11.0. The van der Waals surface area contributed by atoms with Crippen molar-refractivity contribution in [3.8, 4) is 5.75 Å². The van der Waals surface area contributed by atoms with Crippen molar-refractivity contribution in [3.63, 3.8) is 0 Å². The molecule has 2 heterocycles. The Hall–Kier alpha value is -1.83. The fourth-order valence-electron chi connectivity index (χ4n) is 4.86. The van der Waals surface area contributed by atoms with Gasteiger partial charge in [0.05, 0.1) is 18.7 Å². The highest BCUT2D eigenvalue weighted by atomic mass is 35.5. The normalized spacial score (nSPS) is 19.9. The minimum atomic E-state index is -0.564. The zero-order valence-electron chi connectivity index (χ0n) is 19.6. The largest absolute Gasteiger partial charge is 0.497 e. The van der Waals surface area contributed by atoms with Gasteiger partial charge < -0.3 is 19.8 Å². The van der Waals surface area contributed by atoms with Crippen molar-refractivity contribution < 1.29 is 14.9 Å². The minimum Gasteiger partial charge on any atom is -0.497 e. The van der Waals surface area contributed by atoms with Crippen LogP contribution in [0.2, 0.25) is 5.02 Å². The summed E-state index contributed by atoms with van der Waals surface area (Å²) in [7, 11) is 1.64. The highest BCUT2D eigenvalue weighted by Crippen LogP contribution is 2.33. The summed E-state index contributed by atoms with van der Waals surface area (Å²) in [5.41, 5.74) is 1.75. The lowest BCUT2D eigenvalue weighted by molar-refractivity contribution is 0.0608. The van der Waals surface area contributed by atoms with E-state index in [1.807, 2.05) is 48.2 Å². The van der Waals surface area contributed by atoms with Crippen LogP contribution in [0, 0.1) is 11.8 Å². The molecule has 5 nitrogen and oxygen atoms in total. The third-order valence-corrected chi connectivity index (χ3v) is 8.10. The number of aromatic nitrogens is 1. The molecule has 7 heteroatoms. The summed E-state index contributed by atoms with van der Waals surface area (Å²) in [6, 6.07) is 15.6. The Bertz CT molecular complexity index is 1070. The van der Waals surface area contributed by atoms with Crippen molar-refractivity contribution in [3.05, 3.63) is 65.3 Å². The van der Waals surface area contributed by atoms with Gasteiger partial charge in [-0.25, -0.2) is 0 Å². The molecule has 1 saturated heterocycles. The molecule has 4 rings (SSSR count). The third-order valence-electron chi connectivity index (χ3n) is 6.85. The van der Waals surface area contributed by atoms with Crippen LogP contribution in [0.4, 0.5) is 0 Å². The molecule has 2 aromatic carbocycles. The maximum atomic E-state index is 11.0. The average Bonchev–Trinajstić information content (AvgIpc) is 2.88. The van der Waals surface area contributed by atoms with Crippen molar-refractivity contribution in [2.24, 2.45) is 11.8 Å². The molecule has 1 fully saturated rings. The van der Waals surface area contributed by atoms with Crippen LogP contribution in [0.3, 0.4) is 0 Å². The molecule has 0 spiro atoms. The Morgan fingerprint density at radius 3 is 2.76 bits per heavy atom.